The van der Waals surface area contributed by atoms with Crippen LogP contribution in [0.2, 0.25) is 0 Å². The molecule has 0 spiro atoms. The number of nitrogens with two attached hydrogens (primary N) is 1. The van der Waals surface area contributed by atoms with Crippen LogP contribution in [-0.4, -0.2) is 0 Å². The van der Waals surface area contributed by atoms with E-state index in [1.54, 1.807) is 11.3 Å². The highest BCUT2D eigenvalue weighted by Gasteiger charge is 2.23. The molecule has 1 atom stereocenters. The summed E-state index contributed by atoms with van der Waals surface area (Å²) in [5.74, 6) is 0.724. The van der Waals surface area contributed by atoms with E-state index in [4.69, 9.17) is 5.73 Å². The lowest BCUT2D eigenvalue weighted by Gasteiger charge is -2.17. The van der Waals surface area contributed by atoms with Crippen LogP contribution < -0.4 is 5.73 Å². The van der Waals surface area contributed by atoms with E-state index in [0.29, 0.717) is 0 Å². The lowest BCUT2D eigenvalue weighted by Crippen LogP contribution is -2.18. The van der Waals surface area contributed by atoms with Crippen LogP contribution in [0.4, 0.5) is 0 Å². The minimum absolute atomic E-state index is 0.269. The average molecular weight is 260 g/mol. The molecule has 1 aromatic heterocycles. The molecule has 0 aliphatic heterocycles. The third kappa shape index (κ3) is 2.14. The molecular formula is C10H14BrNS. The van der Waals surface area contributed by atoms with Crippen molar-refractivity contribution >= 4 is 27.3 Å². The molecule has 1 aliphatic rings. The predicted molar refractivity (Wildman–Crippen MR) is 60.9 cm³/mol. The SMILES string of the molecule is NC(c1csc(Br)c1)C1CCCC1. The van der Waals surface area contributed by atoms with Crippen LogP contribution in [0.25, 0.3) is 0 Å². The first-order valence-corrected chi connectivity index (χ1v) is 6.44. The molecule has 1 aromatic rings. The zero-order chi connectivity index (χ0) is 9.26. The number of hydrogen-bond acceptors (Lipinski definition) is 2. The van der Waals surface area contributed by atoms with Gasteiger partial charge < -0.3 is 5.73 Å². The fourth-order valence-electron chi connectivity index (χ4n) is 2.09. The molecule has 0 radical (unpaired) electrons. The standard InChI is InChI=1S/C10H14BrNS/c11-9-5-8(6-13-9)10(12)7-3-1-2-4-7/h5-7,10H,1-4,12H2. The van der Waals surface area contributed by atoms with Gasteiger partial charge in [-0.05, 0) is 51.7 Å². The zero-order valence-electron chi connectivity index (χ0n) is 7.50. The van der Waals surface area contributed by atoms with Crippen LogP contribution in [-0.2, 0) is 0 Å². The Bertz CT molecular complexity index is 278. The second-order valence-electron chi connectivity index (χ2n) is 3.75. The van der Waals surface area contributed by atoms with Crippen LogP contribution in [0, 0.1) is 5.92 Å². The molecule has 3 heteroatoms. The van der Waals surface area contributed by atoms with E-state index in [2.05, 4.69) is 27.4 Å². The number of hydrogen-bond donors (Lipinski definition) is 1. The molecule has 0 amide bonds. The minimum atomic E-state index is 0.269. The van der Waals surface area contributed by atoms with Crippen molar-refractivity contribution in [2.75, 3.05) is 0 Å². The van der Waals surface area contributed by atoms with Gasteiger partial charge in [0.15, 0.2) is 0 Å². The van der Waals surface area contributed by atoms with Crippen molar-refractivity contribution in [2.45, 2.75) is 31.7 Å². The predicted octanol–water partition coefficient (Wildman–Crippen LogP) is 3.70. The Balaban J connectivity index is 2.07. The van der Waals surface area contributed by atoms with Gasteiger partial charge >= 0.3 is 0 Å². The fraction of sp³-hybridized carbons (Fsp3) is 0.600. The lowest BCUT2D eigenvalue weighted by atomic mass is 9.94. The van der Waals surface area contributed by atoms with Crippen molar-refractivity contribution in [1.29, 1.82) is 0 Å². The Morgan fingerprint density at radius 3 is 2.69 bits per heavy atom. The smallest absolute Gasteiger partial charge is 0.0701 e. The summed E-state index contributed by atoms with van der Waals surface area (Å²) in [7, 11) is 0. The monoisotopic (exact) mass is 259 g/mol. The summed E-state index contributed by atoms with van der Waals surface area (Å²) >= 11 is 5.20. The maximum Gasteiger partial charge on any atom is 0.0701 e. The first-order chi connectivity index (χ1) is 6.27. The highest BCUT2D eigenvalue weighted by molar-refractivity contribution is 9.11. The molecule has 0 saturated heterocycles. The van der Waals surface area contributed by atoms with Gasteiger partial charge in [0.05, 0.1) is 3.79 Å². The third-order valence-electron chi connectivity index (χ3n) is 2.88. The van der Waals surface area contributed by atoms with Crippen LogP contribution in [0.3, 0.4) is 0 Å². The molecule has 1 heterocycles. The van der Waals surface area contributed by atoms with Gasteiger partial charge in [0.1, 0.15) is 0 Å². The minimum Gasteiger partial charge on any atom is -0.324 e. The molecule has 1 nitrogen and oxygen atoms in total. The third-order valence-corrected chi connectivity index (χ3v) is 4.40. The highest BCUT2D eigenvalue weighted by atomic mass is 79.9. The average Bonchev–Trinajstić information content (AvgIpc) is 2.72. The Kier molecular flexibility index (Phi) is 3.06. The molecular weight excluding hydrogens is 246 g/mol. The van der Waals surface area contributed by atoms with Gasteiger partial charge in [-0.25, -0.2) is 0 Å². The van der Waals surface area contributed by atoms with Crippen molar-refractivity contribution in [3.63, 3.8) is 0 Å². The van der Waals surface area contributed by atoms with Crippen LogP contribution >= 0.6 is 27.3 Å². The lowest BCUT2D eigenvalue weighted by molar-refractivity contribution is 0.446. The van der Waals surface area contributed by atoms with E-state index in [0.717, 1.165) is 5.92 Å². The van der Waals surface area contributed by atoms with Crippen LogP contribution in [0.1, 0.15) is 37.3 Å². The first-order valence-electron chi connectivity index (χ1n) is 4.77. The molecule has 1 saturated carbocycles. The second-order valence-corrected chi connectivity index (χ2v) is 6.04. The van der Waals surface area contributed by atoms with E-state index in [9.17, 15) is 0 Å². The summed E-state index contributed by atoms with van der Waals surface area (Å²) < 4.78 is 1.19. The molecule has 1 aliphatic carbocycles. The maximum absolute atomic E-state index is 6.20. The van der Waals surface area contributed by atoms with Gasteiger partial charge in [0.2, 0.25) is 0 Å². The van der Waals surface area contributed by atoms with Crippen LogP contribution in [0.5, 0.6) is 0 Å². The topological polar surface area (TPSA) is 26.0 Å². The van der Waals surface area contributed by atoms with Crippen molar-refractivity contribution in [2.24, 2.45) is 11.7 Å². The van der Waals surface area contributed by atoms with Gasteiger partial charge in [0.25, 0.3) is 0 Å². The maximum atomic E-state index is 6.20. The van der Waals surface area contributed by atoms with E-state index in [1.807, 2.05) is 0 Å². The van der Waals surface area contributed by atoms with E-state index >= 15 is 0 Å². The molecule has 2 rings (SSSR count). The summed E-state index contributed by atoms with van der Waals surface area (Å²) in [6, 6.07) is 2.43. The molecule has 1 unspecified atom stereocenters. The van der Waals surface area contributed by atoms with Gasteiger partial charge in [0, 0.05) is 6.04 Å². The Labute approximate surface area is 91.5 Å². The normalized spacial score (nSPS) is 20.8. The molecule has 13 heavy (non-hydrogen) atoms. The fourth-order valence-corrected chi connectivity index (χ4v) is 3.31. The Morgan fingerprint density at radius 1 is 1.46 bits per heavy atom. The van der Waals surface area contributed by atoms with Gasteiger partial charge in [-0.3, -0.25) is 0 Å². The van der Waals surface area contributed by atoms with E-state index < -0.39 is 0 Å². The second kappa shape index (κ2) is 4.11. The van der Waals surface area contributed by atoms with Gasteiger partial charge in [-0.2, -0.15) is 0 Å². The van der Waals surface area contributed by atoms with Crippen LogP contribution in [0.15, 0.2) is 15.2 Å². The van der Waals surface area contributed by atoms with Crippen molar-refractivity contribution in [1.82, 2.24) is 0 Å². The molecule has 2 N–H and O–H groups in total. The van der Waals surface area contributed by atoms with Crippen molar-refractivity contribution in [3.8, 4) is 0 Å². The Hall–Kier alpha value is 0.140. The molecule has 72 valence electrons. The number of thiophene rings is 1. The highest BCUT2D eigenvalue weighted by Crippen LogP contribution is 2.36. The van der Waals surface area contributed by atoms with E-state index in [1.165, 1.54) is 35.0 Å². The summed E-state index contributed by atoms with van der Waals surface area (Å²) in [4.78, 5) is 0. The molecule has 0 bridgehead atoms. The van der Waals surface area contributed by atoms with Crippen molar-refractivity contribution < 1.29 is 0 Å². The number of halogens is 1. The summed E-state index contributed by atoms with van der Waals surface area (Å²) in [5, 5.41) is 2.17. The van der Waals surface area contributed by atoms with Gasteiger partial charge in [-0.1, -0.05) is 12.8 Å². The summed E-state index contributed by atoms with van der Waals surface area (Å²) in [6.45, 7) is 0. The summed E-state index contributed by atoms with van der Waals surface area (Å²) in [6.07, 6.45) is 5.36. The molecule has 0 aromatic carbocycles. The largest absolute Gasteiger partial charge is 0.324 e. The summed E-state index contributed by atoms with van der Waals surface area (Å²) in [5.41, 5.74) is 7.51. The number of rotatable bonds is 2. The quantitative estimate of drug-likeness (QED) is 0.862. The zero-order valence-corrected chi connectivity index (χ0v) is 9.90. The van der Waals surface area contributed by atoms with E-state index in [-0.39, 0.29) is 6.04 Å². The first kappa shape index (κ1) is 9.69. The molecule has 1 fully saturated rings. The van der Waals surface area contributed by atoms with Gasteiger partial charge in [-0.15, -0.1) is 11.3 Å². The van der Waals surface area contributed by atoms with Crippen molar-refractivity contribution in [3.05, 3.63) is 20.8 Å². The Morgan fingerprint density at radius 2 is 2.15 bits per heavy atom.